The van der Waals surface area contributed by atoms with Gasteiger partial charge in [0.2, 0.25) is 0 Å². The summed E-state index contributed by atoms with van der Waals surface area (Å²) in [4.78, 5) is 37.3. The minimum absolute atomic E-state index is 0.151. The van der Waals surface area contributed by atoms with E-state index in [0.29, 0.717) is 22.6 Å². The molecule has 0 amide bonds. The Labute approximate surface area is 441 Å². The predicted molar refractivity (Wildman–Crippen MR) is 293 cm³/mol. The third kappa shape index (κ3) is 15.6. The molecule has 6 heterocycles. The highest BCUT2D eigenvalue weighted by molar-refractivity contribution is 9.11. The van der Waals surface area contributed by atoms with Gasteiger partial charge in [0.05, 0.1) is 60.3 Å². The Hall–Kier alpha value is -4.87. The maximum atomic E-state index is 12.1. The minimum Gasteiger partial charge on any atom is -0.497 e. The lowest BCUT2D eigenvalue weighted by Gasteiger charge is -2.11. The molecule has 0 saturated carbocycles. The molecule has 0 atom stereocenters. The lowest BCUT2D eigenvalue weighted by atomic mass is 10.1. The second-order valence-electron chi connectivity index (χ2n) is 14.3. The number of rotatable bonds is 10. The quantitative estimate of drug-likeness (QED) is 0.0671. The maximum Gasteiger partial charge on any atom is 0.339 e. The number of nitrogens with one attached hydrogen (secondary N) is 2. The molecule has 0 fully saturated rings. The first kappa shape index (κ1) is 53.5. The van der Waals surface area contributed by atoms with Crippen LogP contribution in [0.4, 0.5) is 5.82 Å². The summed E-state index contributed by atoms with van der Waals surface area (Å²) in [5.41, 5.74) is 13.1. The van der Waals surface area contributed by atoms with Crippen molar-refractivity contribution in [1.29, 1.82) is 0 Å². The van der Waals surface area contributed by atoms with Gasteiger partial charge in [0.15, 0.2) is 0 Å². The van der Waals surface area contributed by atoms with Crippen LogP contribution < -0.4 is 30.8 Å². The molecular weight excluding hydrogens is 1180 g/mol. The number of pyridine rings is 6. The van der Waals surface area contributed by atoms with Gasteiger partial charge in [-0.2, -0.15) is 0 Å². The van der Waals surface area contributed by atoms with Gasteiger partial charge in [-0.15, -0.1) is 0 Å². The number of anilines is 1. The van der Waals surface area contributed by atoms with Gasteiger partial charge in [0.25, 0.3) is 5.56 Å². The Morgan fingerprint density at radius 1 is 0.609 bits per heavy atom. The van der Waals surface area contributed by atoms with Crippen molar-refractivity contribution in [2.45, 2.75) is 6.42 Å². The van der Waals surface area contributed by atoms with Crippen molar-refractivity contribution in [2.75, 3.05) is 39.7 Å². The third-order valence-corrected chi connectivity index (χ3v) is 11.3. The van der Waals surface area contributed by atoms with Gasteiger partial charge in [-0.3, -0.25) is 24.3 Å². The van der Waals surface area contributed by atoms with E-state index in [1.54, 1.807) is 46.0 Å². The first-order chi connectivity index (χ1) is 33.0. The van der Waals surface area contributed by atoms with Crippen LogP contribution in [0.1, 0.15) is 6.42 Å². The van der Waals surface area contributed by atoms with Gasteiger partial charge in [-0.05, 0) is 209 Å². The van der Waals surface area contributed by atoms with E-state index in [1.165, 1.54) is 0 Å². The molecule has 0 radical (unpaired) electrons. The van der Waals surface area contributed by atoms with Gasteiger partial charge in [-0.1, -0.05) is 11.6 Å². The van der Waals surface area contributed by atoms with Crippen LogP contribution in [-0.2, 0) is 4.57 Å². The fourth-order valence-corrected chi connectivity index (χ4v) is 7.69. The number of hydrogen-bond donors (Lipinski definition) is 3. The summed E-state index contributed by atoms with van der Waals surface area (Å²) in [5.74, 6) is 3.23. The summed E-state index contributed by atoms with van der Waals surface area (Å²) in [6.07, 6.45) is 6.11. The molecule has 13 nitrogen and oxygen atoms in total. The van der Waals surface area contributed by atoms with E-state index < -0.39 is 5.20 Å². The fraction of sp³-hybridized carbons (Fsp3) is 0.125. The summed E-state index contributed by atoms with van der Waals surface area (Å²) in [5, 5.41) is 2.98. The number of ether oxygens (including phenoxy) is 3. The number of nitrogens with two attached hydrogens (primary N) is 1. The average molecular weight is 1220 g/mol. The van der Waals surface area contributed by atoms with E-state index in [0.717, 1.165) is 105 Å². The van der Waals surface area contributed by atoms with Crippen LogP contribution in [0.25, 0.3) is 66.5 Å². The number of halogens is 7. The summed E-state index contributed by atoms with van der Waals surface area (Å²) >= 11 is 30.3. The maximum absolute atomic E-state index is 12.1. The largest absolute Gasteiger partial charge is 0.497 e. The molecule has 0 bridgehead atoms. The standard InChI is InChI=1S/C18H19BrN4O.C15H10BrClN2O.C15H11BrN2O2.Cl3OP/c1-24-14-5-3-12(4-6-14)16-10-17-15(9-13(19)11-22-17)18(23-16)21-8-2-7-20;1-20-11-4-2-9(3-5-11)13-7-14-12(15(17)19-13)6-10(16)8-18-14;1-20-11-4-2-9(3-5-11)13-7-14-12(15(19)18-13)6-10(16)8-17-14;1-5(2,3)4/h3-6,9-11H,2,7-8,20H2,1H3,(H,21,23);2-8H,1H3;2-8H,1H3,(H,18,19);. The number of hydrogen-bond acceptors (Lipinski definition) is 12. The van der Waals surface area contributed by atoms with Crippen molar-refractivity contribution in [2.24, 2.45) is 5.73 Å². The molecule has 6 aromatic heterocycles. The summed E-state index contributed by atoms with van der Waals surface area (Å²) in [7, 11) is 4.92. The molecule has 0 aliphatic carbocycles. The highest BCUT2D eigenvalue weighted by atomic mass is 79.9. The van der Waals surface area contributed by atoms with Crippen LogP contribution in [0.15, 0.2) is 146 Å². The number of H-pyrrole nitrogens is 1. The smallest absolute Gasteiger partial charge is 0.339 e. The zero-order chi connectivity index (χ0) is 49.7. The highest BCUT2D eigenvalue weighted by Crippen LogP contribution is 2.61. The molecular formula is C48H40Br3Cl4N8O5P. The van der Waals surface area contributed by atoms with Crippen LogP contribution in [0.3, 0.4) is 0 Å². The summed E-state index contributed by atoms with van der Waals surface area (Å²) in [6, 6.07) is 34.5. The Kier molecular flexibility index (Phi) is 19.6. The number of benzene rings is 3. The number of fused-ring (bicyclic) bond motifs is 3. The summed E-state index contributed by atoms with van der Waals surface area (Å²) in [6.45, 7) is 1.42. The first-order valence-corrected chi connectivity index (χ1v) is 27.6. The van der Waals surface area contributed by atoms with E-state index in [4.69, 9.17) is 36.5 Å². The molecule has 0 aliphatic rings. The van der Waals surface area contributed by atoms with Crippen LogP contribution in [0.5, 0.6) is 17.2 Å². The molecule has 3 aromatic carbocycles. The average Bonchev–Trinajstić information content (AvgIpc) is 3.34. The fourth-order valence-electron chi connectivity index (χ4n) is 6.45. The zero-order valence-electron chi connectivity index (χ0n) is 36.7. The van der Waals surface area contributed by atoms with E-state index >= 15 is 0 Å². The second-order valence-corrected chi connectivity index (χ2v) is 24.1. The molecule has 0 unspecified atom stereocenters. The van der Waals surface area contributed by atoms with Gasteiger partial charge in [0.1, 0.15) is 28.2 Å². The van der Waals surface area contributed by atoms with E-state index in [2.05, 4.69) is 112 Å². The van der Waals surface area contributed by atoms with E-state index in [-0.39, 0.29) is 5.56 Å². The number of aromatic nitrogens is 6. The molecule has 356 valence electrons. The minimum atomic E-state index is -3.22. The molecule has 0 aliphatic heterocycles. The van der Waals surface area contributed by atoms with E-state index in [1.807, 2.05) is 103 Å². The Balaban J connectivity index is 0.000000163. The van der Waals surface area contributed by atoms with Crippen molar-refractivity contribution < 1.29 is 18.8 Å². The molecule has 0 saturated heterocycles. The Bertz CT molecular complexity index is 3290. The molecule has 9 aromatic rings. The summed E-state index contributed by atoms with van der Waals surface area (Å²) < 4.78 is 27.6. The molecule has 0 spiro atoms. The van der Waals surface area contributed by atoms with Crippen molar-refractivity contribution in [1.82, 2.24) is 29.9 Å². The van der Waals surface area contributed by atoms with Crippen LogP contribution in [-0.4, -0.2) is 64.3 Å². The van der Waals surface area contributed by atoms with E-state index in [9.17, 15) is 9.36 Å². The van der Waals surface area contributed by atoms with Crippen molar-refractivity contribution in [3.05, 3.63) is 157 Å². The monoisotopic (exact) mass is 1220 g/mol. The lowest BCUT2D eigenvalue weighted by molar-refractivity contribution is 0.415. The molecule has 69 heavy (non-hydrogen) atoms. The number of methoxy groups -OCH3 is 3. The normalized spacial score (nSPS) is 10.8. The third-order valence-electron chi connectivity index (χ3n) is 9.75. The number of nitrogens with zero attached hydrogens (tertiary/aromatic N) is 5. The van der Waals surface area contributed by atoms with Crippen LogP contribution in [0.2, 0.25) is 5.15 Å². The van der Waals surface area contributed by atoms with Crippen molar-refractivity contribution in [3.8, 4) is 51.0 Å². The highest BCUT2D eigenvalue weighted by Gasteiger charge is 2.12. The Morgan fingerprint density at radius 3 is 1.48 bits per heavy atom. The van der Waals surface area contributed by atoms with Gasteiger partial charge in [0, 0.05) is 60.5 Å². The SMILES string of the molecule is COc1ccc(-c2cc3ncc(Br)cc3c(=O)[nH]2)cc1.COc1ccc(-c2cc3ncc(Br)cc3c(Cl)n2)cc1.COc1ccc(-c2cc3ncc(Br)cc3c(NCCCN)n2)cc1.O=P(Cl)(Cl)Cl. The van der Waals surface area contributed by atoms with Gasteiger partial charge < -0.3 is 30.2 Å². The van der Waals surface area contributed by atoms with Crippen molar-refractivity contribution >= 4 is 137 Å². The van der Waals surface area contributed by atoms with Crippen molar-refractivity contribution in [3.63, 3.8) is 0 Å². The first-order valence-electron chi connectivity index (χ1n) is 20.4. The van der Waals surface area contributed by atoms with Gasteiger partial charge in [-0.25, -0.2) is 9.97 Å². The molecule has 21 heteroatoms. The lowest BCUT2D eigenvalue weighted by Crippen LogP contribution is -2.10. The topological polar surface area (TPSA) is 180 Å². The Morgan fingerprint density at radius 2 is 1.01 bits per heavy atom. The molecule has 4 N–H and O–H groups in total. The van der Waals surface area contributed by atoms with Gasteiger partial charge >= 0.3 is 5.20 Å². The molecule has 9 rings (SSSR count). The second kappa shape index (κ2) is 25.3. The zero-order valence-corrected chi connectivity index (χ0v) is 45.4. The predicted octanol–water partition coefficient (Wildman–Crippen LogP) is 14.7. The number of aromatic amines is 1. The van der Waals surface area contributed by atoms with Crippen LogP contribution >= 0.6 is 98.3 Å². The van der Waals surface area contributed by atoms with Crippen LogP contribution in [0, 0.1) is 0 Å².